The summed E-state index contributed by atoms with van der Waals surface area (Å²) in [6.07, 6.45) is 5.94. The second-order valence-corrected chi connectivity index (χ2v) is 7.24. The van der Waals surface area contributed by atoms with Gasteiger partial charge < -0.3 is 15.8 Å². The van der Waals surface area contributed by atoms with Gasteiger partial charge in [0.05, 0.1) is 22.4 Å². The Labute approximate surface area is 120 Å². The van der Waals surface area contributed by atoms with Crippen molar-refractivity contribution in [3.05, 3.63) is 18.2 Å². The first-order valence-corrected chi connectivity index (χ1v) is 8.81. The third-order valence-corrected chi connectivity index (χ3v) is 4.62. The van der Waals surface area contributed by atoms with Gasteiger partial charge in [0.1, 0.15) is 0 Å². The van der Waals surface area contributed by atoms with Crippen LogP contribution in [0, 0.1) is 0 Å². The molecule has 1 aromatic rings. The fourth-order valence-corrected chi connectivity index (χ4v) is 2.99. The number of rotatable bonds is 5. The molecule has 6 heteroatoms. The van der Waals surface area contributed by atoms with E-state index in [1.807, 2.05) is 0 Å². The van der Waals surface area contributed by atoms with Crippen molar-refractivity contribution in [3.63, 3.8) is 0 Å². The second-order valence-electron chi connectivity index (χ2n) is 5.23. The van der Waals surface area contributed by atoms with Gasteiger partial charge in [-0.05, 0) is 43.9 Å². The lowest BCUT2D eigenvalue weighted by molar-refractivity contribution is 0.0134. The number of hydrogen-bond acceptors (Lipinski definition) is 5. The molecule has 1 atom stereocenters. The molecular weight excluding hydrogens is 276 g/mol. The Balaban J connectivity index is 1.90. The molecule has 0 bridgehead atoms. The van der Waals surface area contributed by atoms with E-state index in [0.717, 1.165) is 38.1 Å². The lowest BCUT2D eigenvalue weighted by Crippen LogP contribution is -2.22. The van der Waals surface area contributed by atoms with Gasteiger partial charge in [0.25, 0.3) is 0 Å². The summed E-state index contributed by atoms with van der Waals surface area (Å²) in [6.45, 7) is 1.63. The number of hydrogen-bond donors (Lipinski definition) is 2. The third kappa shape index (κ3) is 4.11. The zero-order chi connectivity index (χ0) is 14.6. The lowest BCUT2D eigenvalue weighted by Gasteiger charge is -2.22. The van der Waals surface area contributed by atoms with E-state index in [1.54, 1.807) is 12.1 Å². The van der Waals surface area contributed by atoms with Crippen molar-refractivity contribution in [2.24, 2.45) is 0 Å². The zero-order valence-corrected chi connectivity index (χ0v) is 12.6. The van der Waals surface area contributed by atoms with Crippen LogP contribution in [0.4, 0.5) is 11.4 Å². The van der Waals surface area contributed by atoms with Crippen LogP contribution >= 0.6 is 0 Å². The van der Waals surface area contributed by atoms with Crippen molar-refractivity contribution in [2.45, 2.75) is 36.7 Å². The van der Waals surface area contributed by atoms with E-state index in [1.165, 1.54) is 18.7 Å². The molecule has 1 unspecified atom stereocenters. The average Bonchev–Trinajstić information content (AvgIpc) is 2.40. The third-order valence-electron chi connectivity index (χ3n) is 3.51. The van der Waals surface area contributed by atoms with Crippen molar-refractivity contribution in [3.8, 4) is 0 Å². The van der Waals surface area contributed by atoms with Crippen LogP contribution < -0.4 is 11.1 Å². The van der Waals surface area contributed by atoms with Crippen molar-refractivity contribution >= 4 is 21.2 Å². The number of anilines is 2. The first-order valence-electron chi connectivity index (χ1n) is 6.92. The summed E-state index contributed by atoms with van der Waals surface area (Å²) in [7, 11) is -3.21. The smallest absolute Gasteiger partial charge is 0.175 e. The Morgan fingerprint density at radius 1 is 1.40 bits per heavy atom. The van der Waals surface area contributed by atoms with Crippen molar-refractivity contribution < 1.29 is 13.2 Å². The van der Waals surface area contributed by atoms with Gasteiger partial charge in [-0.1, -0.05) is 0 Å². The maximum absolute atomic E-state index is 11.4. The monoisotopic (exact) mass is 298 g/mol. The fourth-order valence-electron chi connectivity index (χ4n) is 2.34. The highest BCUT2D eigenvalue weighted by atomic mass is 32.2. The van der Waals surface area contributed by atoms with Crippen LogP contribution in [0.5, 0.6) is 0 Å². The minimum atomic E-state index is -3.21. The number of ether oxygens (including phenoxy) is 1. The second kappa shape index (κ2) is 6.45. The first-order chi connectivity index (χ1) is 9.47. The molecule has 1 aliphatic rings. The molecule has 2 rings (SSSR count). The van der Waals surface area contributed by atoms with Gasteiger partial charge in [0, 0.05) is 19.4 Å². The molecule has 1 aliphatic heterocycles. The number of sulfone groups is 1. The zero-order valence-electron chi connectivity index (χ0n) is 11.8. The highest BCUT2D eigenvalue weighted by molar-refractivity contribution is 7.90. The Bertz CT molecular complexity index is 552. The maximum Gasteiger partial charge on any atom is 0.175 e. The van der Waals surface area contributed by atoms with E-state index in [0.29, 0.717) is 11.8 Å². The standard InChI is InChI=1S/C14H22N2O3S/c1-20(17,18)12-5-6-14(13(15)10-12)16-8-7-11-4-2-3-9-19-11/h5-6,10-11,16H,2-4,7-9,15H2,1H3. The predicted molar refractivity (Wildman–Crippen MR) is 80.7 cm³/mol. The van der Waals surface area contributed by atoms with Crippen molar-refractivity contribution in [2.75, 3.05) is 30.5 Å². The molecule has 0 spiro atoms. The summed E-state index contributed by atoms with van der Waals surface area (Å²) in [5, 5.41) is 3.24. The van der Waals surface area contributed by atoms with E-state index in [4.69, 9.17) is 10.5 Å². The van der Waals surface area contributed by atoms with Gasteiger partial charge in [0.2, 0.25) is 0 Å². The lowest BCUT2D eigenvalue weighted by atomic mass is 10.1. The van der Waals surface area contributed by atoms with Crippen LogP contribution in [0.2, 0.25) is 0 Å². The SMILES string of the molecule is CS(=O)(=O)c1ccc(NCCC2CCCCO2)c(N)c1. The van der Waals surface area contributed by atoms with Crippen LogP contribution in [0.1, 0.15) is 25.7 Å². The molecule has 1 saturated heterocycles. The summed E-state index contributed by atoms with van der Waals surface area (Å²) in [5.74, 6) is 0. The molecule has 1 heterocycles. The van der Waals surface area contributed by atoms with Crippen LogP contribution in [-0.4, -0.2) is 33.9 Å². The fraction of sp³-hybridized carbons (Fsp3) is 0.571. The molecule has 0 radical (unpaired) electrons. The normalized spacial score (nSPS) is 19.8. The van der Waals surface area contributed by atoms with E-state index in [2.05, 4.69) is 5.32 Å². The van der Waals surface area contributed by atoms with Gasteiger partial charge in [-0.25, -0.2) is 8.42 Å². The minimum absolute atomic E-state index is 0.246. The van der Waals surface area contributed by atoms with Gasteiger partial charge >= 0.3 is 0 Å². The summed E-state index contributed by atoms with van der Waals surface area (Å²) in [6, 6.07) is 4.79. The average molecular weight is 298 g/mol. The Morgan fingerprint density at radius 3 is 2.80 bits per heavy atom. The first kappa shape index (κ1) is 15.1. The summed E-state index contributed by atoms with van der Waals surface area (Å²) in [4.78, 5) is 0.246. The summed E-state index contributed by atoms with van der Waals surface area (Å²) >= 11 is 0. The van der Waals surface area contributed by atoms with E-state index in [9.17, 15) is 8.42 Å². The number of nitrogen functional groups attached to an aromatic ring is 1. The Kier molecular flexibility index (Phi) is 4.88. The van der Waals surface area contributed by atoms with Crippen LogP contribution in [-0.2, 0) is 14.6 Å². The van der Waals surface area contributed by atoms with Gasteiger partial charge in [-0.2, -0.15) is 0 Å². The largest absolute Gasteiger partial charge is 0.397 e. The van der Waals surface area contributed by atoms with Crippen molar-refractivity contribution in [1.82, 2.24) is 0 Å². The molecule has 1 fully saturated rings. The highest BCUT2D eigenvalue weighted by Crippen LogP contribution is 2.23. The quantitative estimate of drug-likeness (QED) is 0.813. The van der Waals surface area contributed by atoms with E-state index in [-0.39, 0.29) is 4.90 Å². The summed E-state index contributed by atoms with van der Waals surface area (Å²) < 4.78 is 28.5. The topological polar surface area (TPSA) is 81.4 Å². The van der Waals surface area contributed by atoms with Crippen molar-refractivity contribution in [1.29, 1.82) is 0 Å². The molecule has 1 aromatic carbocycles. The molecule has 0 saturated carbocycles. The van der Waals surface area contributed by atoms with Gasteiger partial charge in [0.15, 0.2) is 9.84 Å². The molecule has 20 heavy (non-hydrogen) atoms. The number of nitrogens with two attached hydrogens (primary N) is 1. The number of nitrogens with one attached hydrogen (secondary N) is 1. The number of benzene rings is 1. The molecule has 0 aromatic heterocycles. The minimum Gasteiger partial charge on any atom is -0.397 e. The Hall–Kier alpha value is -1.27. The van der Waals surface area contributed by atoms with E-state index >= 15 is 0 Å². The highest BCUT2D eigenvalue weighted by Gasteiger charge is 2.14. The van der Waals surface area contributed by atoms with Crippen LogP contribution in [0.3, 0.4) is 0 Å². The molecule has 112 valence electrons. The molecule has 0 aliphatic carbocycles. The Morgan fingerprint density at radius 2 is 2.20 bits per heavy atom. The van der Waals surface area contributed by atoms with E-state index < -0.39 is 9.84 Å². The van der Waals surface area contributed by atoms with Gasteiger partial charge in [-0.15, -0.1) is 0 Å². The molecular formula is C14H22N2O3S. The predicted octanol–water partition coefficient (Wildman–Crippen LogP) is 2.04. The van der Waals surface area contributed by atoms with Crippen LogP contribution in [0.15, 0.2) is 23.1 Å². The molecule has 5 nitrogen and oxygen atoms in total. The maximum atomic E-state index is 11.4. The van der Waals surface area contributed by atoms with Crippen LogP contribution in [0.25, 0.3) is 0 Å². The molecule has 0 amide bonds. The summed E-state index contributed by atoms with van der Waals surface area (Å²) in [5.41, 5.74) is 7.11. The molecule has 3 N–H and O–H groups in total. The van der Waals surface area contributed by atoms with Gasteiger partial charge in [-0.3, -0.25) is 0 Å².